The van der Waals surface area contributed by atoms with E-state index in [0.29, 0.717) is 11.5 Å². The van der Waals surface area contributed by atoms with E-state index in [-0.39, 0.29) is 0 Å². The molecule has 0 aliphatic carbocycles. The van der Waals surface area contributed by atoms with Gasteiger partial charge in [-0.1, -0.05) is 18.2 Å². The number of nitrogens with zero attached hydrogens (tertiary/aromatic N) is 2. The molecule has 0 saturated heterocycles. The molecule has 0 atom stereocenters. The zero-order valence-electron chi connectivity index (χ0n) is 8.80. The van der Waals surface area contributed by atoms with Crippen LogP contribution in [0.15, 0.2) is 30.3 Å². The van der Waals surface area contributed by atoms with Gasteiger partial charge in [0, 0.05) is 0 Å². The Morgan fingerprint density at radius 2 is 2.12 bits per heavy atom. The van der Waals surface area contributed by atoms with E-state index in [1.54, 1.807) is 0 Å². The summed E-state index contributed by atoms with van der Waals surface area (Å²) in [6.07, 6.45) is 0. The number of benzene rings is 1. The lowest BCUT2D eigenvalue weighted by Crippen LogP contribution is -1.94. The molecule has 0 spiro atoms. The number of aromatic nitrogens is 1. The van der Waals surface area contributed by atoms with Crippen molar-refractivity contribution < 1.29 is 4.74 Å². The summed E-state index contributed by atoms with van der Waals surface area (Å²) >= 11 is 1.38. The van der Waals surface area contributed by atoms with Crippen molar-refractivity contribution in [1.82, 2.24) is 4.98 Å². The topological polar surface area (TPSA) is 45.9 Å². The van der Waals surface area contributed by atoms with Crippen LogP contribution < -0.4 is 4.74 Å². The van der Waals surface area contributed by atoms with Crippen LogP contribution in [0.25, 0.3) is 0 Å². The molecule has 0 amide bonds. The van der Waals surface area contributed by atoms with E-state index >= 15 is 0 Å². The monoisotopic (exact) mass is 230 g/mol. The fraction of sp³-hybridized carbons (Fsp3) is 0.167. The first-order chi connectivity index (χ1) is 7.79. The van der Waals surface area contributed by atoms with Gasteiger partial charge in [-0.15, -0.1) is 11.3 Å². The first kappa shape index (κ1) is 10.7. The zero-order chi connectivity index (χ0) is 11.4. The van der Waals surface area contributed by atoms with Crippen LogP contribution in [0.3, 0.4) is 0 Å². The molecule has 16 heavy (non-hydrogen) atoms. The number of thiazole rings is 1. The van der Waals surface area contributed by atoms with E-state index in [1.807, 2.05) is 37.3 Å². The predicted octanol–water partition coefficient (Wildman–Crippen LogP) is 2.90. The Morgan fingerprint density at radius 3 is 2.75 bits per heavy atom. The maximum atomic E-state index is 8.80. The predicted molar refractivity (Wildman–Crippen MR) is 62.3 cm³/mol. The van der Waals surface area contributed by atoms with E-state index in [0.717, 1.165) is 16.5 Å². The Kier molecular flexibility index (Phi) is 3.18. The summed E-state index contributed by atoms with van der Waals surface area (Å²) in [6.45, 7) is 2.25. The van der Waals surface area contributed by atoms with Gasteiger partial charge in [-0.2, -0.15) is 5.26 Å². The van der Waals surface area contributed by atoms with Crippen molar-refractivity contribution in [3.8, 4) is 11.8 Å². The average Bonchev–Trinajstić information content (AvgIpc) is 2.69. The molecule has 0 N–H and O–H groups in total. The summed E-state index contributed by atoms with van der Waals surface area (Å²) in [5.41, 5.74) is 0.777. The Morgan fingerprint density at radius 1 is 1.38 bits per heavy atom. The van der Waals surface area contributed by atoms with Gasteiger partial charge in [0.1, 0.15) is 28.3 Å². The van der Waals surface area contributed by atoms with E-state index in [4.69, 9.17) is 10.00 Å². The largest absolute Gasteiger partial charge is 0.486 e. The van der Waals surface area contributed by atoms with Crippen molar-refractivity contribution in [1.29, 1.82) is 5.26 Å². The minimum atomic E-state index is 0.414. The second kappa shape index (κ2) is 4.77. The lowest BCUT2D eigenvalue weighted by Gasteiger charge is -2.02. The Balaban J connectivity index is 2.03. The molecule has 80 valence electrons. The molecule has 2 rings (SSSR count). The second-order valence-corrected chi connectivity index (χ2v) is 4.32. The first-order valence-electron chi connectivity index (χ1n) is 4.84. The number of hydrogen-bond acceptors (Lipinski definition) is 4. The maximum absolute atomic E-state index is 8.80. The van der Waals surface area contributed by atoms with Crippen molar-refractivity contribution in [3.63, 3.8) is 0 Å². The Hall–Kier alpha value is -1.86. The maximum Gasteiger partial charge on any atom is 0.140 e. The van der Waals surface area contributed by atoms with Gasteiger partial charge in [0.2, 0.25) is 0 Å². The fourth-order valence-electron chi connectivity index (χ4n) is 1.28. The average molecular weight is 230 g/mol. The third-order valence-corrected chi connectivity index (χ3v) is 3.08. The van der Waals surface area contributed by atoms with Crippen molar-refractivity contribution in [3.05, 3.63) is 45.9 Å². The van der Waals surface area contributed by atoms with Crippen LogP contribution in [-0.2, 0) is 6.61 Å². The van der Waals surface area contributed by atoms with Crippen LogP contribution >= 0.6 is 11.3 Å². The smallest absolute Gasteiger partial charge is 0.140 e. The molecule has 0 aliphatic heterocycles. The second-order valence-electron chi connectivity index (χ2n) is 3.24. The Bertz CT molecular complexity index is 514. The van der Waals surface area contributed by atoms with Crippen molar-refractivity contribution >= 4 is 11.3 Å². The summed E-state index contributed by atoms with van der Waals surface area (Å²) in [6, 6.07) is 11.7. The molecule has 1 aromatic carbocycles. The molecule has 0 unspecified atom stereocenters. The third-order valence-electron chi connectivity index (χ3n) is 2.05. The molecule has 0 bridgehead atoms. The van der Waals surface area contributed by atoms with E-state index in [9.17, 15) is 0 Å². The SMILES string of the molecule is Cc1nc(COc2ccccc2)sc1C#N. The van der Waals surface area contributed by atoms with Crippen LogP contribution in [0.2, 0.25) is 0 Å². The van der Waals surface area contributed by atoms with Gasteiger partial charge >= 0.3 is 0 Å². The summed E-state index contributed by atoms with van der Waals surface area (Å²) in [7, 11) is 0. The van der Waals surface area contributed by atoms with Crippen molar-refractivity contribution in [2.45, 2.75) is 13.5 Å². The number of nitriles is 1. The van der Waals surface area contributed by atoms with Gasteiger partial charge in [0.25, 0.3) is 0 Å². The van der Waals surface area contributed by atoms with Gasteiger partial charge in [0.05, 0.1) is 5.69 Å². The number of para-hydroxylation sites is 1. The third kappa shape index (κ3) is 2.38. The van der Waals surface area contributed by atoms with Crippen molar-refractivity contribution in [2.24, 2.45) is 0 Å². The van der Waals surface area contributed by atoms with E-state index in [1.165, 1.54) is 11.3 Å². The molecular formula is C12H10N2OS. The molecule has 3 nitrogen and oxygen atoms in total. The molecule has 0 aliphatic rings. The lowest BCUT2D eigenvalue weighted by molar-refractivity contribution is 0.305. The number of aryl methyl sites for hydroxylation is 1. The molecule has 1 aromatic heterocycles. The zero-order valence-corrected chi connectivity index (χ0v) is 9.62. The molecule has 1 heterocycles. The van der Waals surface area contributed by atoms with Gasteiger partial charge < -0.3 is 4.74 Å². The normalized spacial score (nSPS) is 9.75. The van der Waals surface area contributed by atoms with Crippen LogP contribution in [0.1, 0.15) is 15.6 Å². The highest BCUT2D eigenvalue weighted by Gasteiger charge is 2.06. The highest BCUT2D eigenvalue weighted by atomic mass is 32.1. The number of hydrogen-bond donors (Lipinski definition) is 0. The Labute approximate surface area is 97.9 Å². The summed E-state index contributed by atoms with van der Waals surface area (Å²) in [5, 5.41) is 9.63. The molecule has 0 fully saturated rings. The molecule has 4 heteroatoms. The number of rotatable bonds is 3. The lowest BCUT2D eigenvalue weighted by atomic mass is 10.3. The minimum absolute atomic E-state index is 0.414. The summed E-state index contributed by atoms with van der Waals surface area (Å²) in [4.78, 5) is 4.93. The molecule has 2 aromatic rings. The highest BCUT2D eigenvalue weighted by molar-refractivity contribution is 7.12. The summed E-state index contributed by atoms with van der Waals surface area (Å²) in [5.74, 6) is 0.814. The highest BCUT2D eigenvalue weighted by Crippen LogP contribution is 2.18. The standard InChI is InChI=1S/C12H10N2OS/c1-9-11(7-13)16-12(14-9)8-15-10-5-3-2-4-6-10/h2-6H,8H2,1H3. The van der Waals surface area contributed by atoms with E-state index in [2.05, 4.69) is 11.1 Å². The minimum Gasteiger partial charge on any atom is -0.486 e. The quantitative estimate of drug-likeness (QED) is 0.814. The molecular weight excluding hydrogens is 220 g/mol. The summed E-state index contributed by atoms with van der Waals surface area (Å²) < 4.78 is 5.54. The molecule has 0 saturated carbocycles. The first-order valence-corrected chi connectivity index (χ1v) is 5.65. The van der Waals surface area contributed by atoms with E-state index < -0.39 is 0 Å². The van der Waals surface area contributed by atoms with Gasteiger partial charge in [0.15, 0.2) is 0 Å². The van der Waals surface area contributed by atoms with Crippen LogP contribution in [0.5, 0.6) is 5.75 Å². The van der Waals surface area contributed by atoms with Crippen LogP contribution in [0, 0.1) is 18.3 Å². The fourth-order valence-corrected chi connectivity index (χ4v) is 2.05. The number of ether oxygens (including phenoxy) is 1. The molecule has 0 radical (unpaired) electrons. The van der Waals surface area contributed by atoms with Crippen LogP contribution in [-0.4, -0.2) is 4.98 Å². The van der Waals surface area contributed by atoms with Crippen LogP contribution in [0.4, 0.5) is 0 Å². The van der Waals surface area contributed by atoms with Gasteiger partial charge in [-0.3, -0.25) is 0 Å². The van der Waals surface area contributed by atoms with Crippen molar-refractivity contribution in [2.75, 3.05) is 0 Å². The van der Waals surface area contributed by atoms with Gasteiger partial charge in [-0.25, -0.2) is 4.98 Å². The van der Waals surface area contributed by atoms with Gasteiger partial charge in [-0.05, 0) is 19.1 Å².